The van der Waals surface area contributed by atoms with Crippen LogP contribution in [0.3, 0.4) is 0 Å². The smallest absolute Gasteiger partial charge is 0.274 e. The molecule has 0 spiro atoms. The zero-order valence-corrected chi connectivity index (χ0v) is 9.59. The highest BCUT2D eigenvalue weighted by molar-refractivity contribution is 5.39. The molecule has 0 amide bonds. The predicted octanol–water partition coefficient (Wildman–Crippen LogP) is 1.72. The van der Waals surface area contributed by atoms with Gasteiger partial charge in [0.1, 0.15) is 0 Å². The van der Waals surface area contributed by atoms with E-state index in [0.717, 1.165) is 19.5 Å². The molecule has 0 bridgehead atoms. The molecule has 1 aromatic carbocycles. The Kier molecular flexibility index (Phi) is 4.06. The molecule has 1 aliphatic heterocycles. The van der Waals surface area contributed by atoms with Gasteiger partial charge in [-0.15, -0.1) is 0 Å². The van der Waals surface area contributed by atoms with Gasteiger partial charge in [0, 0.05) is 12.6 Å². The number of hydrogen-bond donors (Lipinski definition) is 1. The van der Waals surface area contributed by atoms with Gasteiger partial charge in [-0.25, -0.2) is 0 Å². The average Bonchev–Trinajstić information content (AvgIpc) is 2.82. The summed E-state index contributed by atoms with van der Waals surface area (Å²) in [6.45, 7) is 3.00. The van der Waals surface area contributed by atoms with Crippen LogP contribution in [-0.2, 0) is 11.3 Å². The van der Waals surface area contributed by atoms with Crippen LogP contribution in [0.25, 0.3) is 0 Å². The van der Waals surface area contributed by atoms with Gasteiger partial charge in [-0.05, 0) is 24.9 Å². The standard InChI is InChI=1S/C12H16N2O3/c15-14(16)12-4-2-1-3-11(12)9-17-8-10-5-6-13-7-10/h1-4,10,13H,5-9H2. The first-order chi connectivity index (χ1) is 8.27. The van der Waals surface area contributed by atoms with Gasteiger partial charge >= 0.3 is 0 Å². The minimum absolute atomic E-state index is 0.136. The molecule has 1 atom stereocenters. The summed E-state index contributed by atoms with van der Waals surface area (Å²) in [4.78, 5) is 10.4. The van der Waals surface area contributed by atoms with Crippen molar-refractivity contribution >= 4 is 5.69 Å². The molecule has 0 radical (unpaired) electrons. The normalized spacial score (nSPS) is 19.4. The Bertz CT molecular complexity index is 389. The number of nitro groups is 1. The second-order valence-electron chi connectivity index (χ2n) is 4.26. The lowest BCUT2D eigenvalue weighted by Gasteiger charge is -2.09. The maximum absolute atomic E-state index is 10.8. The highest BCUT2D eigenvalue weighted by Crippen LogP contribution is 2.19. The monoisotopic (exact) mass is 236 g/mol. The summed E-state index contributed by atoms with van der Waals surface area (Å²) in [7, 11) is 0. The highest BCUT2D eigenvalue weighted by Gasteiger charge is 2.16. The molecule has 17 heavy (non-hydrogen) atoms. The number of ether oxygens (including phenoxy) is 1. The third kappa shape index (κ3) is 3.25. The zero-order chi connectivity index (χ0) is 12.1. The van der Waals surface area contributed by atoms with Crippen LogP contribution >= 0.6 is 0 Å². The van der Waals surface area contributed by atoms with Crippen LogP contribution < -0.4 is 5.32 Å². The summed E-state index contributed by atoms with van der Waals surface area (Å²) in [6.07, 6.45) is 1.12. The Morgan fingerprint density at radius 3 is 3.00 bits per heavy atom. The van der Waals surface area contributed by atoms with E-state index < -0.39 is 0 Å². The zero-order valence-electron chi connectivity index (χ0n) is 9.59. The van der Waals surface area contributed by atoms with Crippen molar-refractivity contribution in [2.24, 2.45) is 5.92 Å². The van der Waals surface area contributed by atoms with Gasteiger partial charge in [-0.2, -0.15) is 0 Å². The SMILES string of the molecule is O=[N+]([O-])c1ccccc1COCC1CCNC1. The number of benzene rings is 1. The average molecular weight is 236 g/mol. The van der Waals surface area contributed by atoms with Crippen LogP contribution in [0.2, 0.25) is 0 Å². The fourth-order valence-corrected chi connectivity index (χ4v) is 2.00. The number of hydrogen-bond acceptors (Lipinski definition) is 4. The molecular weight excluding hydrogens is 220 g/mol. The molecule has 1 N–H and O–H groups in total. The summed E-state index contributed by atoms with van der Waals surface area (Å²) in [6, 6.07) is 6.71. The van der Waals surface area contributed by atoms with Gasteiger partial charge in [-0.1, -0.05) is 12.1 Å². The minimum atomic E-state index is -0.365. The van der Waals surface area contributed by atoms with E-state index >= 15 is 0 Å². The maximum atomic E-state index is 10.8. The van der Waals surface area contributed by atoms with Gasteiger partial charge in [0.15, 0.2) is 0 Å². The summed E-state index contributed by atoms with van der Waals surface area (Å²) in [5, 5.41) is 14.0. The van der Waals surface area contributed by atoms with Gasteiger partial charge in [0.2, 0.25) is 0 Å². The van der Waals surface area contributed by atoms with Crippen LogP contribution in [0.5, 0.6) is 0 Å². The number of nitro benzene ring substituents is 1. The largest absolute Gasteiger partial charge is 0.376 e. The minimum Gasteiger partial charge on any atom is -0.376 e. The Morgan fingerprint density at radius 1 is 1.47 bits per heavy atom. The summed E-state index contributed by atoms with van der Waals surface area (Å²) in [5.41, 5.74) is 0.778. The van der Waals surface area contributed by atoms with Crippen molar-refractivity contribution in [2.75, 3.05) is 19.7 Å². The van der Waals surface area contributed by atoms with Crippen molar-refractivity contribution in [1.82, 2.24) is 5.32 Å². The lowest BCUT2D eigenvalue weighted by molar-refractivity contribution is -0.386. The van der Waals surface area contributed by atoms with Crippen LogP contribution in [0.1, 0.15) is 12.0 Å². The van der Waals surface area contributed by atoms with E-state index in [1.54, 1.807) is 18.2 Å². The van der Waals surface area contributed by atoms with E-state index in [9.17, 15) is 10.1 Å². The van der Waals surface area contributed by atoms with Crippen LogP contribution in [0.4, 0.5) is 5.69 Å². The van der Waals surface area contributed by atoms with Crippen LogP contribution in [-0.4, -0.2) is 24.6 Å². The fourth-order valence-electron chi connectivity index (χ4n) is 2.00. The van der Waals surface area contributed by atoms with Crippen LogP contribution in [0.15, 0.2) is 24.3 Å². The molecule has 5 heteroatoms. The van der Waals surface area contributed by atoms with Crippen molar-refractivity contribution in [3.63, 3.8) is 0 Å². The summed E-state index contributed by atoms with van der Waals surface area (Å²) >= 11 is 0. The van der Waals surface area contributed by atoms with Crippen molar-refractivity contribution < 1.29 is 9.66 Å². The Morgan fingerprint density at radius 2 is 2.29 bits per heavy atom. The molecule has 1 heterocycles. The fraction of sp³-hybridized carbons (Fsp3) is 0.500. The topological polar surface area (TPSA) is 64.4 Å². The molecule has 0 aromatic heterocycles. The van der Waals surface area contributed by atoms with E-state index in [-0.39, 0.29) is 10.6 Å². The Labute approximate surface area is 99.9 Å². The first-order valence-electron chi connectivity index (χ1n) is 5.78. The third-order valence-electron chi connectivity index (χ3n) is 2.96. The first kappa shape index (κ1) is 12.0. The molecule has 0 aliphatic carbocycles. The molecule has 1 aliphatic rings. The highest BCUT2D eigenvalue weighted by atomic mass is 16.6. The van der Waals surface area contributed by atoms with Crippen LogP contribution in [0, 0.1) is 16.0 Å². The molecule has 5 nitrogen and oxygen atoms in total. The number of para-hydroxylation sites is 1. The van der Waals surface area contributed by atoms with E-state index in [0.29, 0.717) is 24.7 Å². The molecule has 1 saturated heterocycles. The third-order valence-corrected chi connectivity index (χ3v) is 2.96. The lowest BCUT2D eigenvalue weighted by atomic mass is 10.1. The number of nitrogens with zero attached hydrogens (tertiary/aromatic N) is 1. The van der Waals surface area contributed by atoms with E-state index in [1.165, 1.54) is 6.07 Å². The molecule has 0 saturated carbocycles. The van der Waals surface area contributed by atoms with Gasteiger partial charge < -0.3 is 10.1 Å². The van der Waals surface area contributed by atoms with E-state index in [4.69, 9.17) is 4.74 Å². The Hall–Kier alpha value is -1.46. The quantitative estimate of drug-likeness (QED) is 0.624. The predicted molar refractivity (Wildman–Crippen MR) is 63.7 cm³/mol. The Balaban J connectivity index is 1.87. The molecule has 2 rings (SSSR count). The number of nitrogens with one attached hydrogen (secondary N) is 1. The number of rotatable bonds is 5. The summed E-state index contributed by atoms with van der Waals surface area (Å²) < 4.78 is 5.55. The van der Waals surface area contributed by atoms with Gasteiger partial charge in [0.25, 0.3) is 5.69 Å². The molecular formula is C12H16N2O3. The van der Waals surface area contributed by atoms with E-state index in [2.05, 4.69) is 5.32 Å². The first-order valence-corrected chi connectivity index (χ1v) is 5.78. The second-order valence-corrected chi connectivity index (χ2v) is 4.26. The van der Waals surface area contributed by atoms with Crippen molar-refractivity contribution in [3.8, 4) is 0 Å². The van der Waals surface area contributed by atoms with Gasteiger partial charge in [0.05, 0.1) is 23.7 Å². The molecule has 1 fully saturated rings. The van der Waals surface area contributed by atoms with Crippen molar-refractivity contribution in [3.05, 3.63) is 39.9 Å². The molecule has 1 aromatic rings. The molecule has 1 unspecified atom stereocenters. The summed E-state index contributed by atoms with van der Waals surface area (Å²) in [5.74, 6) is 0.540. The maximum Gasteiger partial charge on any atom is 0.274 e. The van der Waals surface area contributed by atoms with E-state index in [1.807, 2.05) is 0 Å². The van der Waals surface area contributed by atoms with Gasteiger partial charge in [-0.3, -0.25) is 10.1 Å². The molecule has 92 valence electrons. The van der Waals surface area contributed by atoms with Crippen molar-refractivity contribution in [1.29, 1.82) is 0 Å². The second kappa shape index (κ2) is 5.75. The lowest BCUT2D eigenvalue weighted by Crippen LogP contribution is -2.14. The van der Waals surface area contributed by atoms with Crippen molar-refractivity contribution in [2.45, 2.75) is 13.0 Å².